The zero-order valence-corrected chi connectivity index (χ0v) is 15.6. The van der Waals surface area contributed by atoms with Gasteiger partial charge in [0.15, 0.2) is 5.58 Å². The molecular weight excluding hydrogens is 364 g/mol. The molecule has 3 aromatic rings. The van der Waals surface area contributed by atoms with Crippen LogP contribution in [0.5, 0.6) is 0 Å². The number of amides is 2. The number of halogens is 1. The van der Waals surface area contributed by atoms with Crippen LogP contribution in [0.2, 0.25) is 5.02 Å². The minimum atomic E-state index is -0.186. The van der Waals surface area contributed by atoms with E-state index in [9.17, 15) is 4.79 Å². The summed E-state index contributed by atoms with van der Waals surface area (Å²) in [7, 11) is 0. The van der Waals surface area contributed by atoms with Crippen molar-refractivity contribution >= 4 is 34.7 Å². The van der Waals surface area contributed by atoms with Gasteiger partial charge in [0.25, 0.3) is 6.01 Å². The van der Waals surface area contributed by atoms with Gasteiger partial charge in [-0.25, -0.2) is 4.79 Å². The maximum Gasteiger partial charge on any atom is 0.315 e. The topological polar surface area (TPSA) is 70.4 Å². The number of oxazole rings is 1. The molecule has 4 rings (SSSR count). The number of rotatable bonds is 5. The Morgan fingerprint density at radius 2 is 2.00 bits per heavy atom. The largest absolute Gasteiger partial charge is 0.423 e. The van der Waals surface area contributed by atoms with Crippen molar-refractivity contribution in [3.63, 3.8) is 0 Å². The molecule has 1 fully saturated rings. The number of fused-ring (bicyclic) bond motifs is 1. The average Bonchev–Trinajstić information content (AvgIpc) is 3.32. The average molecular weight is 385 g/mol. The summed E-state index contributed by atoms with van der Waals surface area (Å²) >= 11 is 5.87. The zero-order chi connectivity index (χ0) is 18.6. The minimum Gasteiger partial charge on any atom is -0.423 e. The third-order valence-electron chi connectivity index (χ3n) is 4.77. The first-order chi connectivity index (χ1) is 13.2. The van der Waals surface area contributed by atoms with Gasteiger partial charge in [-0.1, -0.05) is 35.9 Å². The summed E-state index contributed by atoms with van der Waals surface area (Å²) in [5, 5.41) is 6.50. The van der Waals surface area contributed by atoms with Crippen molar-refractivity contribution in [1.82, 2.24) is 15.6 Å². The normalized spacial score (nSPS) is 16.6. The van der Waals surface area contributed by atoms with Gasteiger partial charge in [0.2, 0.25) is 0 Å². The van der Waals surface area contributed by atoms with Crippen LogP contribution in [0.1, 0.15) is 18.4 Å². The molecule has 1 aliphatic heterocycles. The lowest BCUT2D eigenvalue weighted by molar-refractivity contribution is 0.239. The molecule has 2 N–H and O–H groups in total. The molecule has 1 atom stereocenters. The van der Waals surface area contributed by atoms with E-state index < -0.39 is 0 Å². The monoisotopic (exact) mass is 384 g/mol. The molecule has 140 valence electrons. The van der Waals surface area contributed by atoms with Gasteiger partial charge in [0, 0.05) is 24.7 Å². The lowest BCUT2D eigenvalue weighted by Gasteiger charge is -2.23. The fourth-order valence-corrected chi connectivity index (χ4v) is 3.47. The summed E-state index contributed by atoms with van der Waals surface area (Å²) in [4.78, 5) is 18.8. The van der Waals surface area contributed by atoms with Crippen molar-refractivity contribution in [2.75, 3.05) is 18.0 Å². The van der Waals surface area contributed by atoms with Crippen LogP contribution in [0.4, 0.5) is 10.8 Å². The second-order valence-electron chi connectivity index (χ2n) is 6.64. The predicted octanol–water partition coefficient (Wildman–Crippen LogP) is 3.95. The van der Waals surface area contributed by atoms with E-state index in [1.807, 2.05) is 48.5 Å². The Kier molecular flexibility index (Phi) is 5.16. The van der Waals surface area contributed by atoms with Gasteiger partial charge >= 0.3 is 6.03 Å². The van der Waals surface area contributed by atoms with Crippen molar-refractivity contribution in [2.24, 2.45) is 0 Å². The number of carbonyl (C=O) groups excluding carboxylic acids is 1. The number of para-hydroxylation sites is 2. The van der Waals surface area contributed by atoms with Crippen LogP contribution >= 0.6 is 11.6 Å². The molecule has 2 heterocycles. The highest BCUT2D eigenvalue weighted by atomic mass is 35.5. The fraction of sp³-hybridized carbons (Fsp3) is 0.300. The zero-order valence-electron chi connectivity index (χ0n) is 14.8. The van der Waals surface area contributed by atoms with E-state index in [0.717, 1.165) is 36.0 Å². The van der Waals surface area contributed by atoms with E-state index >= 15 is 0 Å². The van der Waals surface area contributed by atoms with E-state index in [2.05, 4.69) is 20.5 Å². The number of aromatic nitrogens is 1. The number of hydrogen-bond donors (Lipinski definition) is 2. The van der Waals surface area contributed by atoms with Gasteiger partial charge in [-0.3, -0.25) is 0 Å². The highest BCUT2D eigenvalue weighted by Crippen LogP contribution is 2.27. The summed E-state index contributed by atoms with van der Waals surface area (Å²) in [5.74, 6) is 0. The van der Waals surface area contributed by atoms with Crippen LogP contribution in [0.3, 0.4) is 0 Å². The SMILES string of the molecule is O=C(NCc1ccc(Cl)cc1)NCC1CCCN1c1nc2ccccc2o1. The fourth-order valence-electron chi connectivity index (χ4n) is 3.34. The van der Waals surface area contributed by atoms with Crippen LogP contribution in [0.15, 0.2) is 52.9 Å². The molecular formula is C20H21ClN4O2. The molecule has 27 heavy (non-hydrogen) atoms. The van der Waals surface area contributed by atoms with Gasteiger partial charge in [0.1, 0.15) is 5.52 Å². The number of benzene rings is 2. The first-order valence-corrected chi connectivity index (χ1v) is 9.45. The predicted molar refractivity (Wildman–Crippen MR) is 106 cm³/mol. The van der Waals surface area contributed by atoms with Crippen molar-refractivity contribution in [1.29, 1.82) is 0 Å². The van der Waals surface area contributed by atoms with Crippen molar-refractivity contribution in [2.45, 2.75) is 25.4 Å². The summed E-state index contributed by atoms with van der Waals surface area (Å²) in [6.45, 7) is 1.89. The smallest absolute Gasteiger partial charge is 0.315 e. The third-order valence-corrected chi connectivity index (χ3v) is 5.02. The second kappa shape index (κ2) is 7.88. The minimum absolute atomic E-state index is 0.180. The highest BCUT2D eigenvalue weighted by Gasteiger charge is 2.28. The number of hydrogen-bond acceptors (Lipinski definition) is 4. The quantitative estimate of drug-likeness (QED) is 0.698. The van der Waals surface area contributed by atoms with Crippen molar-refractivity contribution < 1.29 is 9.21 Å². The van der Waals surface area contributed by atoms with E-state index in [1.165, 1.54) is 0 Å². The number of urea groups is 1. The summed E-state index contributed by atoms with van der Waals surface area (Å²) in [6.07, 6.45) is 2.05. The molecule has 1 aliphatic rings. The van der Waals surface area contributed by atoms with Gasteiger partial charge in [-0.05, 0) is 42.7 Å². The summed E-state index contributed by atoms with van der Waals surface area (Å²) in [5.41, 5.74) is 2.64. The van der Waals surface area contributed by atoms with Crippen LogP contribution in [-0.2, 0) is 6.54 Å². The molecule has 1 unspecified atom stereocenters. The van der Waals surface area contributed by atoms with Crippen LogP contribution < -0.4 is 15.5 Å². The summed E-state index contributed by atoms with van der Waals surface area (Å²) < 4.78 is 5.88. The standard InChI is InChI=1S/C20H21ClN4O2/c21-15-9-7-14(8-10-15)12-22-19(26)23-13-16-4-3-11-25(16)20-24-17-5-1-2-6-18(17)27-20/h1-2,5-10,16H,3-4,11-13H2,(H2,22,23,26). The molecule has 7 heteroatoms. The Morgan fingerprint density at radius 1 is 1.19 bits per heavy atom. The Hall–Kier alpha value is -2.73. The first kappa shape index (κ1) is 17.7. The molecule has 0 spiro atoms. The maximum absolute atomic E-state index is 12.1. The number of anilines is 1. The second-order valence-corrected chi connectivity index (χ2v) is 7.08. The van der Waals surface area contributed by atoms with E-state index in [4.69, 9.17) is 16.0 Å². The molecule has 6 nitrogen and oxygen atoms in total. The Balaban J connectivity index is 1.31. The Bertz CT molecular complexity index is 892. The number of nitrogens with zero attached hydrogens (tertiary/aromatic N) is 2. The molecule has 0 bridgehead atoms. The van der Waals surface area contributed by atoms with Crippen LogP contribution in [0.25, 0.3) is 11.1 Å². The molecule has 1 aromatic heterocycles. The van der Waals surface area contributed by atoms with Gasteiger partial charge in [-0.15, -0.1) is 0 Å². The molecule has 2 amide bonds. The maximum atomic E-state index is 12.1. The van der Waals surface area contributed by atoms with Crippen molar-refractivity contribution in [3.8, 4) is 0 Å². The third kappa shape index (κ3) is 4.17. The Morgan fingerprint density at radius 3 is 2.81 bits per heavy atom. The van der Waals surface area contributed by atoms with Gasteiger partial charge < -0.3 is 20.0 Å². The lowest BCUT2D eigenvalue weighted by Crippen LogP contribution is -2.44. The van der Waals surface area contributed by atoms with E-state index in [1.54, 1.807) is 0 Å². The number of carbonyl (C=O) groups is 1. The molecule has 0 aliphatic carbocycles. The summed E-state index contributed by atoms with van der Waals surface area (Å²) in [6, 6.07) is 15.8. The molecule has 2 aromatic carbocycles. The van der Waals surface area contributed by atoms with Crippen LogP contribution in [-0.4, -0.2) is 30.1 Å². The van der Waals surface area contributed by atoms with Crippen LogP contribution in [0, 0.1) is 0 Å². The van der Waals surface area contributed by atoms with Gasteiger partial charge in [-0.2, -0.15) is 4.98 Å². The molecule has 0 radical (unpaired) electrons. The molecule has 0 saturated carbocycles. The highest BCUT2D eigenvalue weighted by molar-refractivity contribution is 6.30. The lowest BCUT2D eigenvalue weighted by atomic mass is 10.2. The van der Waals surface area contributed by atoms with E-state index in [0.29, 0.717) is 24.1 Å². The van der Waals surface area contributed by atoms with Gasteiger partial charge in [0.05, 0.1) is 6.04 Å². The van der Waals surface area contributed by atoms with Crippen molar-refractivity contribution in [3.05, 3.63) is 59.1 Å². The molecule has 1 saturated heterocycles. The van der Waals surface area contributed by atoms with E-state index in [-0.39, 0.29) is 12.1 Å². The first-order valence-electron chi connectivity index (χ1n) is 9.07. The Labute approximate surface area is 162 Å². The number of nitrogens with one attached hydrogen (secondary N) is 2.